The van der Waals surface area contributed by atoms with Crippen LogP contribution in [0.3, 0.4) is 0 Å². The molecule has 0 fully saturated rings. The molecule has 0 saturated carbocycles. The molecule has 1 nitrogen and oxygen atoms in total. The lowest BCUT2D eigenvalue weighted by Gasteiger charge is -2.05. The van der Waals surface area contributed by atoms with Gasteiger partial charge in [-0.05, 0) is 6.42 Å². The number of carbonyl (C=O) groups excluding carboxylic acids is 1. The summed E-state index contributed by atoms with van der Waals surface area (Å²) < 4.78 is 0. The third-order valence-electron chi connectivity index (χ3n) is 1.71. The van der Waals surface area contributed by atoms with Crippen molar-refractivity contribution in [2.75, 3.05) is 5.88 Å². The molecule has 0 spiro atoms. The van der Waals surface area contributed by atoms with Crippen LogP contribution in [0.2, 0.25) is 0 Å². The summed E-state index contributed by atoms with van der Waals surface area (Å²) in [5.41, 5.74) is 0.731. The Morgan fingerprint density at radius 1 is 1.38 bits per heavy atom. The Morgan fingerprint density at radius 3 is 2.54 bits per heavy atom. The molecule has 0 aliphatic carbocycles. The van der Waals surface area contributed by atoms with Crippen LogP contribution in [0.1, 0.15) is 16.8 Å². The fraction of sp³-hybridized carbons (Fsp3) is 0.300. The molecule has 0 saturated heterocycles. The summed E-state index contributed by atoms with van der Waals surface area (Å²) in [6.45, 7) is 0. The molecule has 0 heterocycles. The van der Waals surface area contributed by atoms with Gasteiger partial charge in [0.25, 0.3) is 0 Å². The summed E-state index contributed by atoms with van der Waals surface area (Å²) in [7, 11) is 0. The van der Waals surface area contributed by atoms with Gasteiger partial charge in [0.15, 0.2) is 5.78 Å². The van der Waals surface area contributed by atoms with Crippen molar-refractivity contribution in [3.05, 3.63) is 35.9 Å². The normalized spacial score (nSPS) is 12.5. The maximum atomic E-state index is 11.6. The summed E-state index contributed by atoms with van der Waals surface area (Å²) >= 11 is 8.85. The number of benzene rings is 1. The summed E-state index contributed by atoms with van der Waals surface area (Å²) in [6.07, 6.45) is 0.662. The summed E-state index contributed by atoms with van der Waals surface area (Å²) in [4.78, 5) is 11.5. The van der Waals surface area contributed by atoms with E-state index in [1.54, 1.807) is 0 Å². The minimum absolute atomic E-state index is 0.0984. The van der Waals surface area contributed by atoms with Crippen LogP contribution in [0.4, 0.5) is 0 Å². The molecular formula is C10H10BrClO. The van der Waals surface area contributed by atoms with Crippen molar-refractivity contribution < 1.29 is 4.79 Å². The first kappa shape index (κ1) is 10.7. The highest BCUT2D eigenvalue weighted by Gasteiger charge is 2.15. The highest BCUT2D eigenvalue weighted by molar-refractivity contribution is 9.10. The Hall–Kier alpha value is -0.340. The maximum Gasteiger partial charge on any atom is 0.176 e. The van der Waals surface area contributed by atoms with E-state index in [-0.39, 0.29) is 10.6 Å². The fourth-order valence-corrected chi connectivity index (χ4v) is 1.99. The van der Waals surface area contributed by atoms with Gasteiger partial charge in [-0.2, -0.15) is 0 Å². The van der Waals surface area contributed by atoms with Crippen LogP contribution < -0.4 is 0 Å². The molecule has 0 radical (unpaired) electrons. The maximum absolute atomic E-state index is 11.6. The number of carbonyl (C=O) groups is 1. The van der Waals surface area contributed by atoms with E-state index in [0.717, 1.165) is 5.56 Å². The topological polar surface area (TPSA) is 17.1 Å². The Balaban J connectivity index is 2.68. The van der Waals surface area contributed by atoms with Crippen LogP contribution in [0.25, 0.3) is 0 Å². The molecular weight excluding hydrogens is 251 g/mol. The lowest BCUT2D eigenvalue weighted by Crippen LogP contribution is -2.14. The molecule has 0 amide bonds. The average Bonchev–Trinajstić information content (AvgIpc) is 2.18. The summed E-state index contributed by atoms with van der Waals surface area (Å²) in [6, 6.07) is 9.22. The van der Waals surface area contributed by atoms with Gasteiger partial charge >= 0.3 is 0 Å². The van der Waals surface area contributed by atoms with E-state index in [1.807, 2.05) is 30.3 Å². The van der Waals surface area contributed by atoms with Gasteiger partial charge in [-0.25, -0.2) is 0 Å². The summed E-state index contributed by atoms with van der Waals surface area (Å²) in [5, 5.41) is 0. The van der Waals surface area contributed by atoms with E-state index >= 15 is 0 Å². The highest BCUT2D eigenvalue weighted by Crippen LogP contribution is 2.13. The van der Waals surface area contributed by atoms with Gasteiger partial charge in [0.2, 0.25) is 0 Å². The van der Waals surface area contributed by atoms with E-state index in [4.69, 9.17) is 11.6 Å². The van der Waals surface area contributed by atoms with E-state index in [2.05, 4.69) is 15.9 Å². The van der Waals surface area contributed by atoms with Crippen LogP contribution in [-0.4, -0.2) is 16.5 Å². The van der Waals surface area contributed by atoms with E-state index in [0.29, 0.717) is 12.3 Å². The van der Waals surface area contributed by atoms with Crippen molar-refractivity contribution in [3.63, 3.8) is 0 Å². The van der Waals surface area contributed by atoms with Gasteiger partial charge in [-0.3, -0.25) is 4.79 Å². The molecule has 1 rings (SSSR count). The predicted molar refractivity (Wildman–Crippen MR) is 58.8 cm³/mol. The zero-order valence-electron chi connectivity index (χ0n) is 7.04. The van der Waals surface area contributed by atoms with Crippen LogP contribution in [0.5, 0.6) is 0 Å². The van der Waals surface area contributed by atoms with Crippen LogP contribution in [0, 0.1) is 0 Å². The van der Waals surface area contributed by atoms with Crippen molar-refractivity contribution in [1.82, 2.24) is 0 Å². The van der Waals surface area contributed by atoms with Gasteiger partial charge in [-0.1, -0.05) is 46.3 Å². The molecule has 0 aromatic heterocycles. The second-order valence-electron chi connectivity index (χ2n) is 2.68. The highest BCUT2D eigenvalue weighted by atomic mass is 79.9. The zero-order chi connectivity index (χ0) is 9.68. The second kappa shape index (κ2) is 5.40. The predicted octanol–water partition coefficient (Wildman–Crippen LogP) is 3.26. The molecule has 3 heteroatoms. The van der Waals surface area contributed by atoms with Crippen molar-refractivity contribution in [3.8, 4) is 0 Å². The number of ketones is 1. The molecule has 1 unspecified atom stereocenters. The number of rotatable bonds is 4. The number of hydrogen-bond acceptors (Lipinski definition) is 1. The van der Waals surface area contributed by atoms with Crippen LogP contribution in [0.15, 0.2) is 30.3 Å². The SMILES string of the molecule is O=C(c1ccccc1)C(Br)CCCl. The molecule has 1 aromatic rings. The Morgan fingerprint density at radius 2 is 2.00 bits per heavy atom. The smallest absolute Gasteiger partial charge is 0.176 e. The minimum atomic E-state index is -0.160. The third-order valence-corrected chi connectivity index (χ3v) is 2.80. The van der Waals surface area contributed by atoms with Crippen molar-refractivity contribution >= 4 is 33.3 Å². The van der Waals surface area contributed by atoms with Crippen molar-refractivity contribution in [2.24, 2.45) is 0 Å². The van der Waals surface area contributed by atoms with Gasteiger partial charge in [0.05, 0.1) is 4.83 Å². The van der Waals surface area contributed by atoms with Gasteiger partial charge in [0.1, 0.15) is 0 Å². The summed E-state index contributed by atoms with van der Waals surface area (Å²) in [5.74, 6) is 0.593. The van der Waals surface area contributed by atoms with E-state index in [1.165, 1.54) is 0 Å². The molecule has 0 bridgehead atoms. The lowest BCUT2D eigenvalue weighted by molar-refractivity contribution is 0.0990. The molecule has 0 aliphatic heterocycles. The molecule has 13 heavy (non-hydrogen) atoms. The first-order valence-corrected chi connectivity index (χ1v) is 5.50. The third kappa shape index (κ3) is 3.12. The second-order valence-corrected chi connectivity index (χ2v) is 4.16. The Bertz CT molecular complexity index is 274. The van der Waals surface area contributed by atoms with Gasteiger partial charge < -0.3 is 0 Å². The van der Waals surface area contributed by atoms with Gasteiger partial charge in [0, 0.05) is 11.4 Å². The molecule has 1 atom stereocenters. The largest absolute Gasteiger partial charge is 0.293 e. The first-order chi connectivity index (χ1) is 6.25. The molecule has 0 aliphatic rings. The van der Waals surface area contributed by atoms with Crippen molar-refractivity contribution in [2.45, 2.75) is 11.2 Å². The molecule has 70 valence electrons. The molecule has 0 N–H and O–H groups in total. The number of alkyl halides is 2. The molecule has 1 aromatic carbocycles. The van der Waals surface area contributed by atoms with Crippen molar-refractivity contribution in [1.29, 1.82) is 0 Å². The first-order valence-electron chi connectivity index (χ1n) is 4.05. The van der Waals surface area contributed by atoms with Crippen LogP contribution in [-0.2, 0) is 0 Å². The van der Waals surface area contributed by atoms with E-state index in [9.17, 15) is 4.79 Å². The standard InChI is InChI=1S/C10H10BrClO/c11-9(6-7-12)10(13)8-4-2-1-3-5-8/h1-5,9H,6-7H2. The monoisotopic (exact) mass is 260 g/mol. The number of hydrogen-bond donors (Lipinski definition) is 0. The lowest BCUT2D eigenvalue weighted by atomic mass is 10.1. The van der Waals surface area contributed by atoms with E-state index < -0.39 is 0 Å². The number of halogens is 2. The zero-order valence-corrected chi connectivity index (χ0v) is 9.38. The Labute approximate surface area is 91.2 Å². The van der Waals surface area contributed by atoms with Gasteiger partial charge in [-0.15, -0.1) is 11.6 Å². The Kier molecular flexibility index (Phi) is 4.46. The number of Topliss-reactive ketones (excluding diaryl/α,β-unsaturated/α-hetero) is 1. The minimum Gasteiger partial charge on any atom is -0.293 e. The quantitative estimate of drug-likeness (QED) is 0.600. The fourth-order valence-electron chi connectivity index (χ4n) is 1.01. The average molecular weight is 262 g/mol. The van der Waals surface area contributed by atoms with Crippen LogP contribution >= 0.6 is 27.5 Å².